The summed E-state index contributed by atoms with van der Waals surface area (Å²) < 4.78 is 29.7. The van der Waals surface area contributed by atoms with E-state index in [4.69, 9.17) is 23.7 Å². The minimum absolute atomic E-state index is 0.0602. The molecule has 2 aromatic rings. The Kier molecular flexibility index (Phi) is 9.11. The molecule has 0 aliphatic carbocycles. The van der Waals surface area contributed by atoms with Crippen LogP contribution in [0, 0.1) is 15.5 Å². The Hall–Kier alpha value is -2.89. The van der Waals surface area contributed by atoms with Crippen molar-refractivity contribution >= 4 is 11.7 Å². The van der Waals surface area contributed by atoms with Gasteiger partial charge in [-0.25, -0.2) is 0 Å². The molecule has 1 N–H and O–H groups in total. The van der Waals surface area contributed by atoms with Gasteiger partial charge in [-0.05, 0) is 45.6 Å². The van der Waals surface area contributed by atoms with Gasteiger partial charge in [0.2, 0.25) is 0 Å². The highest BCUT2D eigenvalue weighted by molar-refractivity contribution is 5.75. The van der Waals surface area contributed by atoms with E-state index in [9.17, 15) is 20.0 Å². The number of aliphatic hydroxyl groups excluding tert-OH is 1. The predicted octanol–water partition coefficient (Wildman–Crippen LogP) is 4.09. The molecule has 10 nitrogen and oxygen atoms in total. The zero-order valence-corrected chi connectivity index (χ0v) is 21.9. The molecule has 6 atom stereocenters. The van der Waals surface area contributed by atoms with Crippen molar-refractivity contribution in [2.45, 2.75) is 77.0 Å². The summed E-state index contributed by atoms with van der Waals surface area (Å²) in [5.74, 6) is -0.484. The highest BCUT2D eigenvalue weighted by Gasteiger charge is 2.52. The number of non-ortho nitro benzene ring substituents is 1. The maximum Gasteiger partial charge on any atom is 0.311 e. The zero-order valence-electron chi connectivity index (χ0n) is 21.9. The fourth-order valence-electron chi connectivity index (χ4n) is 4.32. The molecule has 0 aromatic heterocycles. The molecule has 2 aromatic carbocycles. The minimum Gasteiger partial charge on any atom is -0.454 e. The molecule has 0 radical (unpaired) electrons. The van der Waals surface area contributed by atoms with Crippen LogP contribution in [0.1, 0.15) is 51.0 Å². The number of ether oxygens (including phenoxy) is 5. The van der Waals surface area contributed by atoms with Gasteiger partial charge in [-0.3, -0.25) is 14.9 Å². The molecule has 0 amide bonds. The van der Waals surface area contributed by atoms with Gasteiger partial charge in [0, 0.05) is 24.3 Å². The van der Waals surface area contributed by atoms with Crippen LogP contribution in [0.2, 0.25) is 0 Å². The number of nitro groups is 1. The van der Waals surface area contributed by atoms with E-state index in [2.05, 4.69) is 0 Å². The van der Waals surface area contributed by atoms with Crippen molar-refractivity contribution in [1.29, 1.82) is 0 Å². The van der Waals surface area contributed by atoms with Crippen LogP contribution in [0.25, 0.3) is 0 Å². The van der Waals surface area contributed by atoms with Crippen LogP contribution in [0.5, 0.6) is 0 Å². The van der Waals surface area contributed by atoms with Gasteiger partial charge in [0.05, 0.1) is 16.9 Å². The molecule has 2 heterocycles. The van der Waals surface area contributed by atoms with Gasteiger partial charge in [0.1, 0.15) is 18.3 Å². The maximum absolute atomic E-state index is 12.7. The number of rotatable bonds is 9. The van der Waals surface area contributed by atoms with Crippen LogP contribution in [0.15, 0.2) is 54.6 Å². The van der Waals surface area contributed by atoms with Crippen LogP contribution < -0.4 is 0 Å². The first kappa shape index (κ1) is 28.1. The van der Waals surface area contributed by atoms with E-state index < -0.39 is 53.3 Å². The first-order chi connectivity index (χ1) is 18.1. The van der Waals surface area contributed by atoms with E-state index in [0.717, 1.165) is 24.0 Å². The second kappa shape index (κ2) is 12.3. The number of unbranched alkanes of at least 4 members (excludes halogenated alkanes) is 1. The molecule has 1 unspecified atom stereocenters. The average Bonchev–Trinajstić information content (AvgIpc) is 2.90. The molecule has 2 aliphatic rings. The summed E-state index contributed by atoms with van der Waals surface area (Å²) in [6.45, 7) is 5.69. The molecule has 0 spiro atoms. The summed E-state index contributed by atoms with van der Waals surface area (Å²) in [4.78, 5) is 23.1. The monoisotopic (exact) mass is 529 g/mol. The molecule has 2 saturated heterocycles. The molecule has 0 bridgehead atoms. The van der Waals surface area contributed by atoms with Crippen molar-refractivity contribution in [2.75, 3.05) is 13.2 Å². The Morgan fingerprint density at radius 1 is 1.08 bits per heavy atom. The minimum atomic E-state index is -1.18. The number of hydrogen-bond donors (Lipinski definition) is 1. The van der Waals surface area contributed by atoms with Gasteiger partial charge in [-0.1, -0.05) is 42.5 Å². The average molecular weight is 530 g/mol. The SMILES string of the molecule is CC(C)(C)C(=O)O[C@H]1[C@H](OCCCCc2ccc([N+](=O)[O-])cc2)O[C@@H]2COC(c3ccccc3)O[C@@H]2[C@@H]1O. The lowest BCUT2D eigenvalue weighted by Gasteiger charge is -2.47. The highest BCUT2D eigenvalue weighted by atomic mass is 16.8. The summed E-state index contributed by atoms with van der Waals surface area (Å²) in [5.41, 5.74) is 1.08. The first-order valence-corrected chi connectivity index (χ1v) is 12.8. The van der Waals surface area contributed by atoms with Crippen LogP contribution >= 0.6 is 0 Å². The van der Waals surface area contributed by atoms with Gasteiger partial charge < -0.3 is 28.8 Å². The van der Waals surface area contributed by atoms with E-state index in [-0.39, 0.29) is 12.3 Å². The Balaban J connectivity index is 1.36. The first-order valence-electron chi connectivity index (χ1n) is 12.8. The molecule has 206 valence electrons. The molecule has 10 heteroatoms. The number of nitrogens with zero attached hydrogens (tertiary/aromatic N) is 1. The lowest BCUT2D eigenvalue weighted by Crippen LogP contribution is -2.63. The van der Waals surface area contributed by atoms with Gasteiger partial charge >= 0.3 is 5.97 Å². The van der Waals surface area contributed by atoms with Gasteiger partial charge in [-0.2, -0.15) is 0 Å². The van der Waals surface area contributed by atoms with Crippen LogP contribution in [-0.2, 0) is 34.9 Å². The Morgan fingerprint density at radius 3 is 2.45 bits per heavy atom. The third-order valence-electron chi connectivity index (χ3n) is 6.53. The Bertz CT molecular complexity index is 1070. The normalized spacial score (nSPS) is 27.4. The number of benzene rings is 2. The van der Waals surface area contributed by atoms with E-state index in [1.807, 2.05) is 30.3 Å². The van der Waals surface area contributed by atoms with E-state index >= 15 is 0 Å². The van der Waals surface area contributed by atoms with Crippen LogP contribution in [0.4, 0.5) is 5.69 Å². The zero-order chi connectivity index (χ0) is 27.3. The van der Waals surface area contributed by atoms with Gasteiger partial charge in [-0.15, -0.1) is 0 Å². The summed E-state index contributed by atoms with van der Waals surface area (Å²) in [6, 6.07) is 15.9. The second-order valence-electron chi connectivity index (χ2n) is 10.6. The van der Waals surface area contributed by atoms with Crippen molar-refractivity contribution in [3.05, 3.63) is 75.8 Å². The number of carbonyl (C=O) groups is 1. The van der Waals surface area contributed by atoms with Gasteiger partial charge in [0.25, 0.3) is 5.69 Å². The Labute approximate surface area is 221 Å². The van der Waals surface area contributed by atoms with Crippen molar-refractivity contribution in [3.63, 3.8) is 0 Å². The highest BCUT2D eigenvalue weighted by Crippen LogP contribution is 2.36. The lowest BCUT2D eigenvalue weighted by molar-refractivity contribution is -0.384. The van der Waals surface area contributed by atoms with Crippen LogP contribution in [0.3, 0.4) is 0 Å². The number of esters is 1. The summed E-state index contributed by atoms with van der Waals surface area (Å²) >= 11 is 0. The largest absolute Gasteiger partial charge is 0.454 e. The third kappa shape index (κ3) is 6.95. The molecule has 2 fully saturated rings. The number of aryl methyl sites for hydroxylation is 1. The van der Waals surface area contributed by atoms with Crippen molar-refractivity contribution in [2.24, 2.45) is 5.41 Å². The maximum atomic E-state index is 12.7. The number of hydrogen-bond acceptors (Lipinski definition) is 9. The fourth-order valence-corrected chi connectivity index (χ4v) is 4.32. The van der Waals surface area contributed by atoms with Crippen LogP contribution in [-0.4, -0.2) is 59.9 Å². The lowest BCUT2D eigenvalue weighted by atomic mass is 9.95. The standard InChI is InChI=1S/C28H35NO9/c1-28(2,3)27(31)38-24-22(30)23-21(17-35-25(37-23)19-10-5-4-6-11-19)36-26(24)34-16-8-7-9-18-12-14-20(15-13-18)29(32)33/h4-6,10-15,21-26,30H,7-9,16-17H2,1-3H3/t21-,22+,23+,24-,25?,26-/m1/s1. The number of nitro benzene ring substituents is 1. The molecular formula is C28H35NO9. The topological polar surface area (TPSA) is 127 Å². The fraction of sp³-hybridized carbons (Fsp3) is 0.536. The number of aliphatic hydroxyl groups is 1. The summed E-state index contributed by atoms with van der Waals surface area (Å²) in [5, 5.41) is 22.1. The van der Waals surface area contributed by atoms with Crippen molar-refractivity contribution in [1.82, 2.24) is 0 Å². The van der Waals surface area contributed by atoms with E-state index in [0.29, 0.717) is 13.0 Å². The summed E-state index contributed by atoms with van der Waals surface area (Å²) in [7, 11) is 0. The molecular weight excluding hydrogens is 494 g/mol. The van der Waals surface area contributed by atoms with Gasteiger partial charge in [0.15, 0.2) is 18.7 Å². The second-order valence-corrected chi connectivity index (χ2v) is 10.6. The number of fused-ring (bicyclic) bond motifs is 1. The van der Waals surface area contributed by atoms with E-state index in [1.54, 1.807) is 32.9 Å². The molecule has 0 saturated carbocycles. The molecule has 38 heavy (non-hydrogen) atoms. The van der Waals surface area contributed by atoms with E-state index in [1.165, 1.54) is 12.1 Å². The predicted molar refractivity (Wildman–Crippen MR) is 136 cm³/mol. The quantitative estimate of drug-likeness (QED) is 0.221. The molecule has 2 aliphatic heterocycles. The summed E-state index contributed by atoms with van der Waals surface area (Å²) in [6.07, 6.45) is -3.11. The van der Waals surface area contributed by atoms with Crippen molar-refractivity contribution in [3.8, 4) is 0 Å². The number of carbonyl (C=O) groups excluding carboxylic acids is 1. The Morgan fingerprint density at radius 2 is 1.79 bits per heavy atom. The molecule has 4 rings (SSSR count). The van der Waals surface area contributed by atoms with Crippen molar-refractivity contribution < 1.29 is 38.5 Å². The third-order valence-corrected chi connectivity index (χ3v) is 6.53. The smallest absolute Gasteiger partial charge is 0.311 e.